The molecule has 0 aromatic rings. The van der Waals surface area contributed by atoms with Gasteiger partial charge in [-0.2, -0.15) is 13.2 Å². The van der Waals surface area contributed by atoms with E-state index in [0.717, 1.165) is 6.42 Å². The summed E-state index contributed by atoms with van der Waals surface area (Å²) in [5, 5.41) is 21.7. The van der Waals surface area contributed by atoms with Crippen LogP contribution in [0.1, 0.15) is 65.7 Å². The van der Waals surface area contributed by atoms with Gasteiger partial charge in [-0.25, -0.2) is 4.79 Å². The SMILES string of the molecule is CCCCNC(=O)C[C@H](NC(=O)[C@H](CC(C)C)NC(=O)[C@H](CN1CCC(C(F)(F)F)CC1)NC(=O)O)C(=O)[C@@H]1CCNC1=O. The highest BCUT2D eigenvalue weighted by atomic mass is 19.4. The van der Waals surface area contributed by atoms with E-state index >= 15 is 0 Å². The molecule has 2 rings (SSSR count). The van der Waals surface area contributed by atoms with Crippen molar-refractivity contribution in [3.05, 3.63) is 0 Å². The first-order chi connectivity index (χ1) is 20.6. The molecule has 0 aromatic carbocycles. The van der Waals surface area contributed by atoms with E-state index in [4.69, 9.17) is 0 Å². The summed E-state index contributed by atoms with van der Waals surface area (Å²) in [6, 6.07) is -4.00. The topological polar surface area (TPSA) is 186 Å². The Morgan fingerprint density at radius 2 is 1.59 bits per heavy atom. The molecule has 16 heteroatoms. The molecule has 2 fully saturated rings. The molecule has 0 radical (unpaired) electrons. The number of Topliss-reactive ketones (excluding diaryl/α,β-unsaturated/α-hetero) is 1. The number of alkyl halides is 3. The smallest absolute Gasteiger partial charge is 0.405 e. The summed E-state index contributed by atoms with van der Waals surface area (Å²) in [6.07, 6.45) is -4.85. The fraction of sp³-hybridized carbons (Fsp3) is 0.786. The van der Waals surface area contributed by atoms with Crippen molar-refractivity contribution in [3.8, 4) is 0 Å². The normalized spacial score (nSPS) is 19.9. The van der Waals surface area contributed by atoms with Crippen LogP contribution in [0.4, 0.5) is 18.0 Å². The summed E-state index contributed by atoms with van der Waals surface area (Å²) in [7, 11) is 0. The number of likely N-dealkylation sites (tertiary alicyclic amines) is 1. The van der Waals surface area contributed by atoms with Crippen LogP contribution in [0.3, 0.4) is 0 Å². The number of carbonyl (C=O) groups excluding carboxylic acids is 5. The van der Waals surface area contributed by atoms with Gasteiger partial charge in [-0.05, 0) is 51.1 Å². The Morgan fingerprint density at radius 3 is 2.11 bits per heavy atom. The molecule has 44 heavy (non-hydrogen) atoms. The highest BCUT2D eigenvalue weighted by Gasteiger charge is 2.42. The van der Waals surface area contributed by atoms with Crippen molar-refractivity contribution in [2.75, 3.05) is 32.7 Å². The van der Waals surface area contributed by atoms with E-state index in [9.17, 15) is 47.0 Å². The standard InChI is InChI=1S/C28H45F3N6O7/c1-4-5-9-32-22(38)14-19(23(39)18-6-10-33-24(18)40)34-25(41)20(13-16(2)3)35-26(42)21(36-27(43)44)15-37-11-7-17(8-12-37)28(29,30)31/h16-21,36H,4-15H2,1-3H3,(H,32,38)(H,33,40)(H,34,41)(H,35,42)(H,43,44)/t18-,19-,20-,21-/m0/s1. The van der Waals surface area contributed by atoms with Crippen LogP contribution in [0.2, 0.25) is 0 Å². The van der Waals surface area contributed by atoms with Gasteiger partial charge >= 0.3 is 12.3 Å². The molecule has 2 heterocycles. The third kappa shape index (κ3) is 11.9. The first-order valence-electron chi connectivity index (χ1n) is 15.1. The maximum Gasteiger partial charge on any atom is 0.405 e. The minimum atomic E-state index is -4.34. The van der Waals surface area contributed by atoms with Crippen molar-refractivity contribution in [3.63, 3.8) is 0 Å². The minimum absolute atomic E-state index is 0.00399. The number of nitrogens with zero attached hydrogens (tertiary/aromatic N) is 1. The molecule has 2 aliphatic heterocycles. The van der Waals surface area contributed by atoms with Gasteiger partial charge in [0.1, 0.15) is 18.0 Å². The Kier molecular flexibility index (Phi) is 14.3. The van der Waals surface area contributed by atoms with E-state index in [1.54, 1.807) is 18.7 Å². The molecule has 0 aliphatic carbocycles. The molecule has 2 aliphatic rings. The second-order valence-corrected chi connectivity index (χ2v) is 11.8. The number of ketones is 1. The van der Waals surface area contributed by atoms with Crippen LogP contribution < -0.4 is 26.6 Å². The molecule has 5 amide bonds. The molecule has 2 saturated heterocycles. The Balaban J connectivity index is 2.17. The van der Waals surface area contributed by atoms with Crippen molar-refractivity contribution in [2.24, 2.45) is 17.8 Å². The number of carboxylic acid groups (broad SMARTS) is 1. The summed E-state index contributed by atoms with van der Waals surface area (Å²) in [5.74, 6) is -5.99. The van der Waals surface area contributed by atoms with Crippen molar-refractivity contribution in [2.45, 2.75) is 90.0 Å². The average molecular weight is 635 g/mol. The Bertz CT molecular complexity index is 1030. The first kappa shape index (κ1) is 36.8. The fourth-order valence-corrected chi connectivity index (χ4v) is 5.28. The van der Waals surface area contributed by atoms with E-state index in [-0.39, 0.29) is 57.8 Å². The minimum Gasteiger partial charge on any atom is -0.465 e. The van der Waals surface area contributed by atoms with E-state index in [1.165, 1.54) is 0 Å². The lowest BCUT2D eigenvalue weighted by atomic mass is 9.93. The van der Waals surface area contributed by atoms with E-state index in [1.807, 2.05) is 6.92 Å². The summed E-state index contributed by atoms with van der Waals surface area (Å²) in [6.45, 7) is 5.92. The quantitative estimate of drug-likeness (QED) is 0.107. The van der Waals surface area contributed by atoms with E-state index < -0.39 is 78.1 Å². The molecular formula is C28H45F3N6O7. The monoisotopic (exact) mass is 634 g/mol. The summed E-state index contributed by atoms with van der Waals surface area (Å²) >= 11 is 0. The van der Waals surface area contributed by atoms with Crippen LogP contribution in [0.15, 0.2) is 0 Å². The molecule has 250 valence electrons. The van der Waals surface area contributed by atoms with Crippen LogP contribution in [0.25, 0.3) is 0 Å². The Labute approximate surface area is 254 Å². The highest BCUT2D eigenvalue weighted by molar-refractivity contribution is 6.07. The van der Waals surface area contributed by atoms with E-state index in [0.29, 0.717) is 13.0 Å². The number of hydrogen-bond donors (Lipinski definition) is 6. The molecule has 4 atom stereocenters. The fourth-order valence-electron chi connectivity index (χ4n) is 5.28. The predicted octanol–water partition coefficient (Wildman–Crippen LogP) is 0.924. The molecule has 0 saturated carbocycles. The molecule has 6 N–H and O–H groups in total. The van der Waals surface area contributed by atoms with E-state index in [2.05, 4.69) is 26.6 Å². The molecule has 0 aromatic heterocycles. The largest absolute Gasteiger partial charge is 0.465 e. The number of amides is 5. The van der Waals surface area contributed by atoms with Gasteiger partial charge < -0.3 is 36.6 Å². The van der Waals surface area contributed by atoms with Gasteiger partial charge in [0, 0.05) is 19.6 Å². The third-order valence-electron chi connectivity index (χ3n) is 7.74. The number of hydrogen-bond acceptors (Lipinski definition) is 7. The van der Waals surface area contributed by atoms with Crippen LogP contribution in [-0.2, 0) is 24.0 Å². The molecule has 0 unspecified atom stereocenters. The van der Waals surface area contributed by atoms with Gasteiger partial charge in [-0.15, -0.1) is 0 Å². The summed E-state index contributed by atoms with van der Waals surface area (Å²) < 4.78 is 39.2. The van der Waals surface area contributed by atoms with Crippen LogP contribution in [0, 0.1) is 17.8 Å². The zero-order valence-electron chi connectivity index (χ0n) is 25.4. The second-order valence-electron chi connectivity index (χ2n) is 11.8. The van der Waals surface area contributed by atoms with Crippen molar-refractivity contribution in [1.29, 1.82) is 0 Å². The van der Waals surface area contributed by atoms with Gasteiger partial charge in [0.2, 0.25) is 23.6 Å². The van der Waals surface area contributed by atoms with Gasteiger partial charge in [-0.1, -0.05) is 27.2 Å². The van der Waals surface area contributed by atoms with Crippen molar-refractivity contribution < 1.29 is 47.0 Å². The predicted molar refractivity (Wildman–Crippen MR) is 152 cm³/mol. The van der Waals surface area contributed by atoms with Gasteiger partial charge in [0.05, 0.1) is 18.4 Å². The maximum atomic E-state index is 13.5. The molecule has 13 nitrogen and oxygen atoms in total. The zero-order chi connectivity index (χ0) is 33.0. The first-order valence-corrected chi connectivity index (χ1v) is 15.1. The van der Waals surface area contributed by atoms with Crippen LogP contribution in [0.5, 0.6) is 0 Å². The number of rotatable bonds is 16. The number of halogens is 3. The lowest BCUT2D eigenvalue weighted by Gasteiger charge is -2.34. The summed E-state index contributed by atoms with van der Waals surface area (Å²) in [5.41, 5.74) is 0. The lowest BCUT2D eigenvalue weighted by molar-refractivity contribution is -0.185. The third-order valence-corrected chi connectivity index (χ3v) is 7.74. The number of unbranched alkanes of at least 4 members (excludes halogenated alkanes) is 1. The van der Waals surface area contributed by atoms with Gasteiger partial charge in [0.25, 0.3) is 0 Å². The molecule has 0 bridgehead atoms. The number of piperidine rings is 1. The number of nitrogens with one attached hydrogen (secondary N) is 5. The summed E-state index contributed by atoms with van der Waals surface area (Å²) in [4.78, 5) is 77.8. The van der Waals surface area contributed by atoms with Crippen molar-refractivity contribution >= 4 is 35.5 Å². The Morgan fingerprint density at radius 1 is 0.977 bits per heavy atom. The second kappa shape index (κ2) is 17.2. The number of carbonyl (C=O) groups is 6. The highest BCUT2D eigenvalue weighted by Crippen LogP contribution is 2.34. The average Bonchev–Trinajstić information content (AvgIpc) is 3.36. The van der Waals surface area contributed by atoms with Gasteiger partial charge in [-0.3, -0.25) is 24.0 Å². The van der Waals surface area contributed by atoms with Crippen LogP contribution >= 0.6 is 0 Å². The Hall–Kier alpha value is -3.43. The van der Waals surface area contributed by atoms with Gasteiger partial charge in [0.15, 0.2) is 5.78 Å². The molecular weight excluding hydrogens is 589 g/mol. The lowest BCUT2D eigenvalue weighted by Crippen LogP contribution is -2.59. The van der Waals surface area contributed by atoms with Crippen molar-refractivity contribution in [1.82, 2.24) is 31.5 Å². The maximum absolute atomic E-state index is 13.5. The van der Waals surface area contributed by atoms with Crippen LogP contribution in [-0.4, -0.2) is 103 Å². The zero-order valence-corrected chi connectivity index (χ0v) is 25.4. The molecule has 0 spiro atoms.